The summed E-state index contributed by atoms with van der Waals surface area (Å²) in [5.41, 5.74) is 1.18. The van der Waals surface area contributed by atoms with Gasteiger partial charge in [0.25, 0.3) is 0 Å². The fraction of sp³-hybridized carbons (Fsp3) is 0.688. The van der Waals surface area contributed by atoms with Crippen molar-refractivity contribution in [2.75, 3.05) is 18.5 Å². The van der Waals surface area contributed by atoms with Crippen LogP contribution in [0, 0.1) is 5.92 Å². The van der Waals surface area contributed by atoms with E-state index in [4.69, 9.17) is 11.6 Å². The Labute approximate surface area is 128 Å². The molecule has 0 fully saturated rings. The van der Waals surface area contributed by atoms with Crippen molar-refractivity contribution in [1.82, 2.24) is 10.3 Å². The smallest absolute Gasteiger partial charge is 0.147 e. The van der Waals surface area contributed by atoms with Crippen LogP contribution in [-0.4, -0.2) is 24.1 Å². The quantitative estimate of drug-likeness (QED) is 0.821. The summed E-state index contributed by atoms with van der Waals surface area (Å²) in [6, 6.07) is 2.01. The Morgan fingerprint density at radius 2 is 2.05 bits per heavy atom. The largest absolute Gasteiger partial charge is 0.353 e. The van der Waals surface area contributed by atoms with Gasteiger partial charge in [-0.1, -0.05) is 32.4 Å². The van der Waals surface area contributed by atoms with Gasteiger partial charge in [0.15, 0.2) is 0 Å². The van der Waals surface area contributed by atoms with Gasteiger partial charge in [0.05, 0.1) is 5.02 Å². The first-order valence-electron chi connectivity index (χ1n) is 7.37. The Balaban J connectivity index is 2.78. The van der Waals surface area contributed by atoms with Crippen molar-refractivity contribution in [3.05, 3.63) is 22.8 Å². The molecule has 0 saturated carbocycles. The molecule has 1 rings (SSSR count). The Morgan fingerprint density at radius 3 is 2.55 bits per heavy atom. The molecule has 20 heavy (non-hydrogen) atoms. The summed E-state index contributed by atoms with van der Waals surface area (Å²) >= 11 is 6.40. The SMILES string of the molecule is CCC(C)(C)N(C)c1ncc(CNCC(C)C)cc1Cl. The molecule has 1 N–H and O–H groups in total. The highest BCUT2D eigenvalue weighted by molar-refractivity contribution is 6.33. The van der Waals surface area contributed by atoms with Gasteiger partial charge in [-0.25, -0.2) is 4.98 Å². The number of nitrogens with one attached hydrogen (secondary N) is 1. The van der Waals surface area contributed by atoms with Crippen LogP contribution in [0.25, 0.3) is 0 Å². The molecule has 0 unspecified atom stereocenters. The molecule has 1 aromatic rings. The van der Waals surface area contributed by atoms with Gasteiger partial charge in [-0.15, -0.1) is 0 Å². The number of hydrogen-bond acceptors (Lipinski definition) is 3. The molecule has 0 aliphatic rings. The zero-order chi connectivity index (χ0) is 15.3. The maximum atomic E-state index is 6.40. The van der Waals surface area contributed by atoms with Gasteiger partial charge >= 0.3 is 0 Å². The summed E-state index contributed by atoms with van der Waals surface area (Å²) < 4.78 is 0. The van der Waals surface area contributed by atoms with Crippen molar-refractivity contribution in [2.24, 2.45) is 5.92 Å². The van der Waals surface area contributed by atoms with E-state index in [9.17, 15) is 0 Å². The van der Waals surface area contributed by atoms with E-state index >= 15 is 0 Å². The van der Waals surface area contributed by atoms with Crippen LogP contribution in [0.5, 0.6) is 0 Å². The van der Waals surface area contributed by atoms with Gasteiger partial charge < -0.3 is 10.2 Å². The van der Waals surface area contributed by atoms with Crippen LogP contribution in [0.4, 0.5) is 5.82 Å². The average molecular weight is 298 g/mol. The number of halogens is 1. The van der Waals surface area contributed by atoms with E-state index in [1.165, 1.54) is 0 Å². The van der Waals surface area contributed by atoms with E-state index in [1.807, 2.05) is 19.3 Å². The zero-order valence-corrected chi connectivity index (χ0v) is 14.4. The highest BCUT2D eigenvalue weighted by Gasteiger charge is 2.24. The zero-order valence-electron chi connectivity index (χ0n) is 13.6. The first kappa shape index (κ1) is 17.3. The van der Waals surface area contributed by atoms with Crippen LogP contribution in [0.3, 0.4) is 0 Å². The van der Waals surface area contributed by atoms with Crippen LogP contribution < -0.4 is 10.2 Å². The minimum atomic E-state index is 0.0497. The second kappa shape index (κ2) is 7.28. The Bertz CT molecular complexity index is 430. The first-order chi connectivity index (χ1) is 9.27. The normalized spacial score (nSPS) is 12.0. The Hall–Kier alpha value is -0.800. The molecule has 0 saturated heterocycles. The van der Waals surface area contributed by atoms with Gasteiger partial charge in [0, 0.05) is 25.3 Å². The van der Waals surface area contributed by atoms with Crippen molar-refractivity contribution in [3.63, 3.8) is 0 Å². The minimum Gasteiger partial charge on any atom is -0.353 e. The summed E-state index contributed by atoms with van der Waals surface area (Å²) in [6.07, 6.45) is 2.95. The van der Waals surface area contributed by atoms with E-state index in [0.717, 1.165) is 35.9 Å². The van der Waals surface area contributed by atoms with E-state index in [0.29, 0.717) is 5.92 Å². The molecule has 4 heteroatoms. The second-order valence-corrected chi connectivity index (χ2v) is 6.81. The van der Waals surface area contributed by atoms with Crippen molar-refractivity contribution >= 4 is 17.4 Å². The van der Waals surface area contributed by atoms with Crippen LogP contribution in [0.2, 0.25) is 5.02 Å². The van der Waals surface area contributed by atoms with Crippen LogP contribution in [0.15, 0.2) is 12.3 Å². The molecule has 0 aromatic carbocycles. The number of rotatable bonds is 7. The van der Waals surface area contributed by atoms with E-state index in [-0.39, 0.29) is 5.54 Å². The van der Waals surface area contributed by atoms with Gasteiger partial charge in [-0.3, -0.25) is 0 Å². The fourth-order valence-corrected chi connectivity index (χ4v) is 2.16. The molecular formula is C16H28ClN3. The molecule has 3 nitrogen and oxygen atoms in total. The van der Waals surface area contributed by atoms with E-state index in [2.05, 4.69) is 49.8 Å². The van der Waals surface area contributed by atoms with Gasteiger partial charge in [-0.2, -0.15) is 0 Å². The van der Waals surface area contributed by atoms with Crippen LogP contribution >= 0.6 is 11.6 Å². The molecule has 1 aromatic heterocycles. The number of hydrogen-bond donors (Lipinski definition) is 1. The highest BCUT2D eigenvalue weighted by atomic mass is 35.5. The molecule has 0 bridgehead atoms. The van der Waals surface area contributed by atoms with Crippen LogP contribution in [0.1, 0.15) is 46.6 Å². The number of anilines is 1. The van der Waals surface area contributed by atoms with Gasteiger partial charge in [0.2, 0.25) is 0 Å². The summed E-state index contributed by atoms with van der Waals surface area (Å²) in [6.45, 7) is 12.8. The van der Waals surface area contributed by atoms with E-state index < -0.39 is 0 Å². The molecule has 0 spiro atoms. The van der Waals surface area contributed by atoms with E-state index in [1.54, 1.807) is 0 Å². The molecule has 114 valence electrons. The topological polar surface area (TPSA) is 28.2 Å². The van der Waals surface area contributed by atoms with Gasteiger partial charge in [-0.05, 0) is 44.4 Å². The average Bonchev–Trinajstić information content (AvgIpc) is 2.37. The maximum Gasteiger partial charge on any atom is 0.147 e. The molecule has 0 atom stereocenters. The highest BCUT2D eigenvalue weighted by Crippen LogP contribution is 2.29. The predicted octanol–water partition coefficient (Wildman–Crippen LogP) is 4.11. The summed E-state index contributed by atoms with van der Waals surface area (Å²) in [5, 5.41) is 4.13. The number of aromatic nitrogens is 1. The summed E-state index contributed by atoms with van der Waals surface area (Å²) in [5.74, 6) is 1.50. The van der Waals surface area contributed by atoms with Crippen molar-refractivity contribution < 1.29 is 0 Å². The summed E-state index contributed by atoms with van der Waals surface area (Å²) in [7, 11) is 2.05. The Morgan fingerprint density at radius 1 is 1.40 bits per heavy atom. The number of pyridine rings is 1. The third-order valence-electron chi connectivity index (χ3n) is 3.85. The monoisotopic (exact) mass is 297 g/mol. The predicted molar refractivity (Wildman–Crippen MR) is 88.6 cm³/mol. The Kier molecular flexibility index (Phi) is 6.28. The fourth-order valence-electron chi connectivity index (χ4n) is 1.84. The molecule has 0 radical (unpaired) electrons. The lowest BCUT2D eigenvalue weighted by atomic mass is 10.00. The number of nitrogens with zero attached hydrogens (tertiary/aromatic N) is 2. The molecule has 0 aliphatic heterocycles. The van der Waals surface area contributed by atoms with Crippen molar-refractivity contribution in [2.45, 2.75) is 53.1 Å². The lowest BCUT2D eigenvalue weighted by Gasteiger charge is -2.36. The lowest BCUT2D eigenvalue weighted by molar-refractivity contribution is 0.467. The van der Waals surface area contributed by atoms with Crippen LogP contribution in [-0.2, 0) is 6.54 Å². The standard InChI is InChI=1S/C16H28ClN3/c1-7-16(4,5)20(6)15-14(17)8-13(11-19-15)10-18-9-12(2)3/h8,11-12,18H,7,9-10H2,1-6H3. The van der Waals surface area contributed by atoms with Crippen molar-refractivity contribution in [3.8, 4) is 0 Å². The maximum absolute atomic E-state index is 6.40. The van der Waals surface area contributed by atoms with Crippen molar-refractivity contribution in [1.29, 1.82) is 0 Å². The third kappa shape index (κ3) is 4.64. The second-order valence-electron chi connectivity index (χ2n) is 6.40. The summed E-state index contributed by atoms with van der Waals surface area (Å²) in [4.78, 5) is 6.70. The lowest BCUT2D eigenvalue weighted by Crippen LogP contribution is -2.41. The van der Waals surface area contributed by atoms with Gasteiger partial charge in [0.1, 0.15) is 5.82 Å². The molecule has 0 aliphatic carbocycles. The molecule has 1 heterocycles. The molecular weight excluding hydrogens is 270 g/mol. The third-order valence-corrected chi connectivity index (χ3v) is 4.13. The molecule has 0 amide bonds. The minimum absolute atomic E-state index is 0.0497. The first-order valence-corrected chi connectivity index (χ1v) is 7.74.